The van der Waals surface area contributed by atoms with Crippen molar-refractivity contribution < 1.29 is 34.8 Å². The Labute approximate surface area is 224 Å². The van der Waals surface area contributed by atoms with Crippen LogP contribution in [0.3, 0.4) is 0 Å². The number of carbonyl (C=O) groups excluding carboxylic acids is 4. The van der Waals surface area contributed by atoms with Crippen LogP contribution in [0.15, 0.2) is 24.3 Å². The normalized spacial score (nSPS) is 12.8. The number of nitrogens with one attached hydrogen (secondary N) is 2. The Hall–Kier alpha value is -3.89. The molecular formula is C27H38N4O7. The standard InChI is InChI=1S/C27H38N4O7/c1-8-37-22(32)15-14-19(27(35)38-9-2)28-26(34)24(16(3)4)29-25(33)23-17(5)30-31(18(23)6)20-12-10-11-13-21(20)36-7/h10-13,16,19,24H,8-9,14-15H2,1-7H3,(H,28,34)(H,29,33)/t19-,24-/m0/s1/i/hD. The Morgan fingerprint density at radius 3 is 2.34 bits per heavy atom. The van der Waals surface area contributed by atoms with Crippen molar-refractivity contribution in [3.05, 3.63) is 41.2 Å². The van der Waals surface area contributed by atoms with Crippen molar-refractivity contribution in [3.8, 4) is 11.4 Å². The molecule has 2 aromatic rings. The molecule has 11 heteroatoms. The van der Waals surface area contributed by atoms with Crippen molar-refractivity contribution >= 4 is 23.8 Å². The second-order valence-corrected chi connectivity index (χ2v) is 8.91. The molecule has 2 N–H and O–H groups in total. The van der Waals surface area contributed by atoms with Gasteiger partial charge in [-0.2, -0.15) is 5.10 Å². The summed E-state index contributed by atoms with van der Waals surface area (Å²) in [5.41, 5.74) is 1.65. The van der Waals surface area contributed by atoms with E-state index in [1.807, 2.05) is 12.1 Å². The van der Waals surface area contributed by atoms with Gasteiger partial charge in [-0.3, -0.25) is 14.4 Å². The Bertz CT molecular complexity index is 1180. The number of esters is 2. The zero-order valence-corrected chi connectivity index (χ0v) is 23.1. The van der Waals surface area contributed by atoms with Crippen LogP contribution in [0.5, 0.6) is 5.75 Å². The van der Waals surface area contributed by atoms with Crippen LogP contribution in [0.1, 0.15) is 62.3 Å². The summed E-state index contributed by atoms with van der Waals surface area (Å²) in [6, 6.07) is 4.79. The molecule has 0 radical (unpaired) electrons. The third kappa shape index (κ3) is 7.56. The molecule has 2 rings (SSSR count). The summed E-state index contributed by atoms with van der Waals surface area (Å²) in [7, 11) is 1.53. The number of aryl methyl sites for hydroxylation is 1. The molecule has 0 bridgehead atoms. The second kappa shape index (κ2) is 14.2. The molecule has 0 fully saturated rings. The molecule has 208 valence electrons. The van der Waals surface area contributed by atoms with Gasteiger partial charge in [0.15, 0.2) is 1.41 Å². The summed E-state index contributed by atoms with van der Waals surface area (Å²) in [4.78, 5) is 51.3. The predicted molar refractivity (Wildman–Crippen MR) is 140 cm³/mol. The molecule has 0 aliphatic rings. The molecule has 0 aliphatic heterocycles. The first kappa shape index (κ1) is 28.7. The lowest BCUT2D eigenvalue weighted by Gasteiger charge is -2.25. The Morgan fingerprint density at radius 1 is 1.08 bits per heavy atom. The van der Waals surface area contributed by atoms with E-state index in [4.69, 9.17) is 15.6 Å². The average molecular weight is 532 g/mol. The van der Waals surface area contributed by atoms with Gasteiger partial charge in [0.2, 0.25) is 5.91 Å². The highest BCUT2D eigenvalue weighted by molar-refractivity contribution is 6.00. The van der Waals surface area contributed by atoms with E-state index in [1.54, 1.807) is 58.4 Å². The van der Waals surface area contributed by atoms with Gasteiger partial charge < -0.3 is 24.8 Å². The van der Waals surface area contributed by atoms with Gasteiger partial charge in [0.05, 0.1) is 37.3 Å². The zero-order chi connectivity index (χ0) is 29.3. The predicted octanol–water partition coefficient (Wildman–Crippen LogP) is 2.64. The van der Waals surface area contributed by atoms with Gasteiger partial charge in [0.1, 0.15) is 23.5 Å². The lowest BCUT2D eigenvalue weighted by molar-refractivity contribution is -0.149. The van der Waals surface area contributed by atoms with Gasteiger partial charge in [-0.15, -0.1) is 0 Å². The summed E-state index contributed by atoms with van der Waals surface area (Å²) in [5, 5.41) is 7.67. The van der Waals surface area contributed by atoms with Crippen molar-refractivity contribution in [1.29, 1.82) is 0 Å². The van der Waals surface area contributed by atoms with E-state index in [1.165, 1.54) is 7.11 Å². The van der Waals surface area contributed by atoms with Crippen LogP contribution in [0.2, 0.25) is 1.41 Å². The summed E-state index contributed by atoms with van der Waals surface area (Å²) in [6.45, 7) is 10.3. The van der Waals surface area contributed by atoms with E-state index in [0.717, 1.165) is 0 Å². The minimum absolute atomic E-state index is 0.0515. The first-order chi connectivity index (χ1) is 18.5. The maximum atomic E-state index is 13.6. The minimum atomic E-state index is -1.24. The molecule has 0 saturated carbocycles. The van der Waals surface area contributed by atoms with Crippen LogP contribution in [0, 0.1) is 19.8 Å². The SMILES string of the molecule is [2H]N(C(=O)c1c(C)nn(-c2ccccc2OC)c1C)[C@H](C(=O)N[C@@H](CCC(=O)OCC)C(=O)OCC)C(C)C. The van der Waals surface area contributed by atoms with Crippen LogP contribution in [0.4, 0.5) is 0 Å². The van der Waals surface area contributed by atoms with Gasteiger partial charge in [0.25, 0.3) is 5.91 Å². The molecule has 38 heavy (non-hydrogen) atoms. The molecule has 1 aromatic heterocycles. The topological polar surface area (TPSA) is 138 Å². The fourth-order valence-corrected chi connectivity index (χ4v) is 3.94. The number of aromatic nitrogens is 2. The molecule has 1 heterocycles. The number of hydrogen-bond acceptors (Lipinski definition) is 8. The van der Waals surface area contributed by atoms with Crippen molar-refractivity contribution in [2.24, 2.45) is 5.92 Å². The van der Waals surface area contributed by atoms with Gasteiger partial charge in [0, 0.05) is 6.42 Å². The zero-order valence-electron chi connectivity index (χ0n) is 24.1. The maximum absolute atomic E-state index is 13.6. The largest absolute Gasteiger partial charge is 0.494 e. The molecular weight excluding hydrogens is 492 g/mol. The quantitative estimate of drug-likeness (QED) is 0.376. The number of carbonyl (C=O) groups is 4. The second-order valence-electron chi connectivity index (χ2n) is 8.91. The number of amides is 2. The highest BCUT2D eigenvalue weighted by Gasteiger charge is 2.31. The molecule has 11 nitrogen and oxygen atoms in total. The molecule has 1 aromatic carbocycles. The average Bonchev–Trinajstić information content (AvgIpc) is 3.19. The fraction of sp³-hybridized carbons (Fsp3) is 0.519. The first-order valence-corrected chi connectivity index (χ1v) is 12.6. The van der Waals surface area contributed by atoms with Crippen molar-refractivity contribution in [1.82, 2.24) is 20.4 Å². The van der Waals surface area contributed by atoms with E-state index >= 15 is 0 Å². The summed E-state index contributed by atoms with van der Waals surface area (Å²) >= 11 is 0. The number of methoxy groups -OCH3 is 1. The van der Waals surface area contributed by atoms with Gasteiger partial charge >= 0.3 is 11.9 Å². The highest BCUT2D eigenvalue weighted by Crippen LogP contribution is 2.25. The van der Waals surface area contributed by atoms with Crippen LogP contribution in [0.25, 0.3) is 5.69 Å². The molecule has 0 saturated heterocycles. The van der Waals surface area contributed by atoms with E-state index in [0.29, 0.717) is 28.1 Å². The Kier molecular flexibility index (Phi) is 10.7. The third-order valence-electron chi connectivity index (χ3n) is 5.81. The van der Waals surface area contributed by atoms with Gasteiger partial charge in [-0.05, 0) is 52.2 Å². The molecule has 2 atom stereocenters. The van der Waals surface area contributed by atoms with Crippen molar-refractivity contribution in [2.45, 2.75) is 66.5 Å². The highest BCUT2D eigenvalue weighted by atomic mass is 16.5. The lowest BCUT2D eigenvalue weighted by atomic mass is 10.0. The number of para-hydroxylation sites is 2. The van der Waals surface area contributed by atoms with Crippen molar-refractivity contribution in [2.75, 3.05) is 20.3 Å². The number of hydrogen-bond donors (Lipinski definition) is 2. The first-order valence-electron chi connectivity index (χ1n) is 13.1. The van der Waals surface area contributed by atoms with Crippen LogP contribution in [-0.4, -0.2) is 65.9 Å². The van der Waals surface area contributed by atoms with Crippen LogP contribution in [-0.2, 0) is 23.9 Å². The summed E-state index contributed by atoms with van der Waals surface area (Å²) in [6.07, 6.45) is -0.169. The molecule has 0 unspecified atom stereocenters. The van der Waals surface area contributed by atoms with E-state index in [2.05, 4.69) is 10.4 Å². The van der Waals surface area contributed by atoms with Gasteiger partial charge in [-0.1, -0.05) is 26.0 Å². The Balaban J connectivity index is 2.34. The summed E-state index contributed by atoms with van der Waals surface area (Å²) in [5.74, 6) is -2.61. The summed E-state index contributed by atoms with van der Waals surface area (Å²) < 4.78 is 25.6. The van der Waals surface area contributed by atoms with Crippen molar-refractivity contribution in [3.63, 3.8) is 0 Å². The fourth-order valence-electron chi connectivity index (χ4n) is 3.94. The lowest BCUT2D eigenvalue weighted by Crippen LogP contribution is -2.54. The molecule has 0 aliphatic carbocycles. The number of rotatable bonds is 13. The number of nitrogens with zero attached hydrogens (tertiary/aromatic N) is 2. The third-order valence-corrected chi connectivity index (χ3v) is 5.81. The van der Waals surface area contributed by atoms with E-state index in [-0.39, 0.29) is 31.6 Å². The van der Waals surface area contributed by atoms with Gasteiger partial charge in [-0.25, -0.2) is 9.48 Å². The molecule has 0 spiro atoms. The maximum Gasteiger partial charge on any atom is 0.328 e. The Morgan fingerprint density at radius 2 is 1.74 bits per heavy atom. The minimum Gasteiger partial charge on any atom is -0.494 e. The smallest absolute Gasteiger partial charge is 0.328 e. The van der Waals surface area contributed by atoms with E-state index in [9.17, 15) is 19.2 Å². The van der Waals surface area contributed by atoms with Crippen LogP contribution >= 0.6 is 0 Å². The van der Waals surface area contributed by atoms with E-state index < -0.39 is 41.8 Å². The molecule has 2 amide bonds. The number of ether oxygens (including phenoxy) is 3. The monoisotopic (exact) mass is 531 g/mol. The number of benzene rings is 1. The van der Waals surface area contributed by atoms with Crippen LogP contribution < -0.4 is 15.4 Å².